The fourth-order valence-electron chi connectivity index (χ4n) is 2.64. The molecular weight excluding hydrogens is 300 g/mol. The molecule has 2 aromatic rings. The van der Waals surface area contributed by atoms with Crippen LogP contribution in [0.5, 0.6) is 0 Å². The van der Waals surface area contributed by atoms with E-state index in [2.05, 4.69) is 52.3 Å². The van der Waals surface area contributed by atoms with Crippen molar-refractivity contribution in [3.8, 4) is 0 Å². The lowest BCUT2D eigenvalue weighted by molar-refractivity contribution is 0.634. The lowest BCUT2D eigenvalue weighted by atomic mass is 10.1. The van der Waals surface area contributed by atoms with Gasteiger partial charge in [-0.25, -0.2) is 4.98 Å². The summed E-state index contributed by atoms with van der Waals surface area (Å²) in [5, 5.41) is 7.80. The van der Waals surface area contributed by atoms with Crippen molar-refractivity contribution in [3.63, 3.8) is 0 Å². The van der Waals surface area contributed by atoms with Crippen molar-refractivity contribution in [2.24, 2.45) is 0 Å². The number of hydrogen-bond donors (Lipinski definition) is 2. The highest BCUT2D eigenvalue weighted by molar-refractivity contribution is 8.00. The van der Waals surface area contributed by atoms with Gasteiger partial charge in [-0.1, -0.05) is 6.92 Å². The molecule has 0 aliphatic carbocycles. The first kappa shape index (κ1) is 14.9. The molecule has 6 heteroatoms. The van der Waals surface area contributed by atoms with Crippen LogP contribution in [0.1, 0.15) is 31.6 Å². The molecule has 0 bridgehead atoms. The monoisotopic (exact) mass is 322 g/mol. The van der Waals surface area contributed by atoms with Gasteiger partial charge in [-0.3, -0.25) is 0 Å². The van der Waals surface area contributed by atoms with Crippen LogP contribution >= 0.6 is 23.1 Å². The van der Waals surface area contributed by atoms with E-state index in [0.29, 0.717) is 10.7 Å². The molecule has 2 aromatic heterocycles. The number of rotatable bonds is 5. The molecule has 1 saturated heterocycles. The second-order valence-corrected chi connectivity index (χ2v) is 8.48. The van der Waals surface area contributed by atoms with Crippen LogP contribution < -0.4 is 10.6 Å². The van der Waals surface area contributed by atoms with E-state index in [1.54, 1.807) is 11.3 Å². The van der Waals surface area contributed by atoms with E-state index in [1.165, 1.54) is 23.5 Å². The van der Waals surface area contributed by atoms with E-state index in [9.17, 15) is 0 Å². The van der Waals surface area contributed by atoms with Crippen molar-refractivity contribution < 1.29 is 0 Å². The fourth-order valence-corrected chi connectivity index (χ4v) is 4.85. The number of hydrogen-bond acceptors (Lipinski definition) is 6. The van der Waals surface area contributed by atoms with Gasteiger partial charge in [0, 0.05) is 23.2 Å². The molecule has 21 heavy (non-hydrogen) atoms. The van der Waals surface area contributed by atoms with E-state index >= 15 is 0 Å². The number of fused-ring (bicyclic) bond motifs is 1. The van der Waals surface area contributed by atoms with Crippen LogP contribution in [-0.4, -0.2) is 34.1 Å². The second kappa shape index (κ2) is 6.01. The zero-order valence-electron chi connectivity index (χ0n) is 12.8. The second-order valence-electron chi connectivity index (χ2n) is 5.69. The molecule has 1 unspecified atom stereocenters. The summed E-state index contributed by atoms with van der Waals surface area (Å²) in [5.41, 5.74) is 0. The van der Waals surface area contributed by atoms with Gasteiger partial charge >= 0.3 is 0 Å². The third-order valence-electron chi connectivity index (χ3n) is 3.95. The standard InChI is InChI=1S/C15H22N4S2/c1-4-10-8-11-12(17-9-15(2)6-5-7-20-15)18-14(16-3)19-13(11)21-10/h8H,4-7,9H2,1-3H3,(H2,16,17,18,19). The molecule has 0 saturated carbocycles. The van der Waals surface area contributed by atoms with E-state index in [-0.39, 0.29) is 0 Å². The molecule has 114 valence electrons. The molecule has 1 fully saturated rings. The molecule has 0 amide bonds. The highest BCUT2D eigenvalue weighted by Gasteiger charge is 2.29. The van der Waals surface area contributed by atoms with Crippen molar-refractivity contribution in [1.29, 1.82) is 0 Å². The van der Waals surface area contributed by atoms with Crippen molar-refractivity contribution in [3.05, 3.63) is 10.9 Å². The smallest absolute Gasteiger partial charge is 0.225 e. The van der Waals surface area contributed by atoms with Crippen molar-refractivity contribution in [1.82, 2.24) is 9.97 Å². The Bertz CT molecular complexity index is 632. The molecule has 0 aromatic carbocycles. The summed E-state index contributed by atoms with van der Waals surface area (Å²) in [7, 11) is 1.87. The summed E-state index contributed by atoms with van der Waals surface area (Å²) in [6.45, 7) is 5.49. The molecule has 2 N–H and O–H groups in total. The van der Waals surface area contributed by atoms with Gasteiger partial charge in [0.25, 0.3) is 0 Å². The quantitative estimate of drug-likeness (QED) is 0.871. The van der Waals surface area contributed by atoms with E-state index < -0.39 is 0 Å². The van der Waals surface area contributed by atoms with Crippen LogP contribution in [0, 0.1) is 0 Å². The van der Waals surface area contributed by atoms with Gasteiger partial charge in [-0.05, 0) is 38.0 Å². The maximum atomic E-state index is 4.62. The lowest BCUT2D eigenvalue weighted by Crippen LogP contribution is -2.27. The minimum Gasteiger partial charge on any atom is -0.368 e. The fraction of sp³-hybridized carbons (Fsp3) is 0.600. The number of aryl methyl sites for hydroxylation is 1. The van der Waals surface area contributed by atoms with Crippen LogP contribution in [-0.2, 0) is 6.42 Å². The minimum absolute atomic E-state index is 0.334. The third-order valence-corrected chi connectivity index (χ3v) is 6.66. The van der Waals surface area contributed by atoms with Gasteiger partial charge in [0.1, 0.15) is 10.6 Å². The summed E-state index contributed by atoms with van der Waals surface area (Å²) >= 11 is 3.83. The Kier molecular flexibility index (Phi) is 4.26. The van der Waals surface area contributed by atoms with Crippen molar-refractivity contribution in [2.75, 3.05) is 30.0 Å². The highest BCUT2D eigenvalue weighted by atomic mass is 32.2. The molecule has 1 aliphatic heterocycles. The Morgan fingerprint density at radius 3 is 2.90 bits per heavy atom. The first-order valence-corrected chi connectivity index (χ1v) is 9.30. The number of anilines is 2. The van der Waals surface area contributed by atoms with E-state index in [1.807, 2.05) is 7.05 Å². The maximum absolute atomic E-state index is 4.62. The predicted molar refractivity (Wildman–Crippen MR) is 94.9 cm³/mol. The number of thiophene rings is 1. The Balaban J connectivity index is 1.90. The first-order chi connectivity index (χ1) is 10.1. The normalized spacial score (nSPS) is 21.9. The Labute approximate surface area is 134 Å². The highest BCUT2D eigenvalue weighted by Crippen LogP contribution is 2.38. The van der Waals surface area contributed by atoms with E-state index in [4.69, 9.17) is 0 Å². The summed E-state index contributed by atoms with van der Waals surface area (Å²) in [6.07, 6.45) is 3.65. The number of aromatic nitrogens is 2. The minimum atomic E-state index is 0.334. The molecule has 0 radical (unpaired) electrons. The van der Waals surface area contributed by atoms with Crippen LogP contribution in [0.2, 0.25) is 0 Å². The van der Waals surface area contributed by atoms with Gasteiger partial charge in [0.05, 0.1) is 5.39 Å². The summed E-state index contributed by atoms with van der Waals surface area (Å²) in [5.74, 6) is 2.94. The third kappa shape index (κ3) is 3.11. The number of nitrogens with one attached hydrogen (secondary N) is 2. The number of nitrogens with zero attached hydrogens (tertiary/aromatic N) is 2. The van der Waals surface area contributed by atoms with Crippen molar-refractivity contribution in [2.45, 2.75) is 37.9 Å². The average Bonchev–Trinajstić information content (AvgIpc) is 3.10. The largest absolute Gasteiger partial charge is 0.368 e. The van der Waals surface area contributed by atoms with Gasteiger partial charge in [0.2, 0.25) is 5.95 Å². The Hall–Kier alpha value is -1.01. The first-order valence-electron chi connectivity index (χ1n) is 7.49. The Morgan fingerprint density at radius 1 is 1.38 bits per heavy atom. The van der Waals surface area contributed by atoms with Gasteiger partial charge < -0.3 is 10.6 Å². The molecule has 3 rings (SSSR count). The topological polar surface area (TPSA) is 49.8 Å². The molecule has 3 heterocycles. The Morgan fingerprint density at radius 2 is 2.24 bits per heavy atom. The molecule has 1 aliphatic rings. The van der Waals surface area contributed by atoms with Gasteiger partial charge in [0.15, 0.2) is 0 Å². The van der Waals surface area contributed by atoms with Gasteiger partial charge in [-0.2, -0.15) is 16.7 Å². The predicted octanol–water partition coefficient (Wildman–Crippen LogP) is 3.99. The molecular formula is C15H22N4S2. The van der Waals surface area contributed by atoms with Gasteiger partial charge in [-0.15, -0.1) is 11.3 Å². The lowest BCUT2D eigenvalue weighted by Gasteiger charge is -2.23. The average molecular weight is 323 g/mol. The maximum Gasteiger partial charge on any atom is 0.225 e. The number of thioether (sulfide) groups is 1. The van der Waals surface area contributed by atoms with Crippen LogP contribution in [0.3, 0.4) is 0 Å². The van der Waals surface area contributed by atoms with E-state index in [0.717, 1.165) is 29.0 Å². The van der Waals surface area contributed by atoms with Crippen molar-refractivity contribution >= 4 is 45.1 Å². The zero-order chi connectivity index (χ0) is 14.9. The van der Waals surface area contributed by atoms with Crippen LogP contribution in [0.25, 0.3) is 10.2 Å². The van der Waals surface area contributed by atoms with Crippen LogP contribution in [0.4, 0.5) is 11.8 Å². The molecule has 4 nitrogen and oxygen atoms in total. The summed E-state index contributed by atoms with van der Waals surface area (Å²) in [6, 6.07) is 2.23. The summed E-state index contributed by atoms with van der Waals surface area (Å²) in [4.78, 5) is 11.6. The SMILES string of the molecule is CCc1cc2c(NCC3(C)CCCS3)nc(NC)nc2s1. The molecule has 0 spiro atoms. The molecule has 1 atom stereocenters. The van der Waals surface area contributed by atoms with Crippen LogP contribution in [0.15, 0.2) is 6.07 Å². The zero-order valence-corrected chi connectivity index (χ0v) is 14.5. The summed E-state index contributed by atoms with van der Waals surface area (Å²) < 4.78 is 0.334.